The number of nitrogens with one attached hydrogen (secondary N) is 1. The first-order valence-corrected chi connectivity index (χ1v) is 11.4. The molecule has 4 heterocycles. The Kier molecular flexibility index (Phi) is 5.20. The summed E-state index contributed by atoms with van der Waals surface area (Å²) in [5.74, 6) is 1.88. The van der Waals surface area contributed by atoms with Gasteiger partial charge in [-0.15, -0.1) is 5.10 Å². The molecule has 9 nitrogen and oxygen atoms in total. The zero-order chi connectivity index (χ0) is 23.2. The van der Waals surface area contributed by atoms with Crippen molar-refractivity contribution in [3.05, 3.63) is 47.4 Å². The van der Waals surface area contributed by atoms with Crippen LogP contribution in [0.1, 0.15) is 49.9 Å². The molecule has 1 aliphatic carbocycles. The second-order valence-electron chi connectivity index (χ2n) is 8.75. The van der Waals surface area contributed by atoms with Gasteiger partial charge in [0, 0.05) is 29.9 Å². The summed E-state index contributed by atoms with van der Waals surface area (Å²) in [5.41, 5.74) is 17.9. The van der Waals surface area contributed by atoms with Crippen molar-refractivity contribution in [2.45, 2.75) is 51.5 Å². The zero-order valence-electron chi connectivity index (χ0n) is 19.3. The summed E-state index contributed by atoms with van der Waals surface area (Å²) >= 11 is 0. The molecule has 0 saturated carbocycles. The lowest BCUT2D eigenvalue weighted by atomic mass is 9.83. The molecule has 0 saturated heterocycles. The molecular formula is C24H29N9. The third-order valence-electron chi connectivity index (χ3n) is 6.83. The average Bonchev–Trinajstić information content (AvgIpc) is 3.46. The van der Waals surface area contributed by atoms with E-state index < -0.39 is 0 Å². The summed E-state index contributed by atoms with van der Waals surface area (Å²) in [7, 11) is 1.82. The molecule has 5 N–H and O–H groups in total. The molecule has 0 bridgehead atoms. The minimum atomic E-state index is -0.350. The van der Waals surface area contributed by atoms with Crippen LogP contribution in [-0.4, -0.2) is 29.9 Å². The molecule has 5 rings (SSSR count). The number of rotatable bonds is 6. The van der Waals surface area contributed by atoms with Gasteiger partial charge in [0.25, 0.3) is 0 Å². The number of pyridine rings is 3. The van der Waals surface area contributed by atoms with Crippen LogP contribution < -0.4 is 16.8 Å². The van der Waals surface area contributed by atoms with Gasteiger partial charge in [0.2, 0.25) is 0 Å². The Morgan fingerprint density at radius 1 is 1.06 bits per heavy atom. The molecule has 0 aromatic carbocycles. The first kappa shape index (κ1) is 21.3. The Morgan fingerprint density at radius 2 is 1.88 bits per heavy atom. The van der Waals surface area contributed by atoms with Crippen molar-refractivity contribution in [2.75, 3.05) is 11.1 Å². The normalized spacial score (nSPS) is 13.5. The highest BCUT2D eigenvalue weighted by Gasteiger charge is 2.30. The first-order valence-electron chi connectivity index (χ1n) is 11.4. The van der Waals surface area contributed by atoms with E-state index in [0.29, 0.717) is 17.3 Å². The first-order chi connectivity index (χ1) is 15.9. The molecule has 9 heteroatoms. The van der Waals surface area contributed by atoms with E-state index in [4.69, 9.17) is 16.5 Å². The van der Waals surface area contributed by atoms with Crippen LogP contribution in [0, 0.1) is 0 Å². The van der Waals surface area contributed by atoms with Crippen LogP contribution in [0.15, 0.2) is 30.6 Å². The van der Waals surface area contributed by atoms with Crippen LogP contribution in [0.2, 0.25) is 0 Å². The van der Waals surface area contributed by atoms with Gasteiger partial charge in [0.15, 0.2) is 0 Å². The molecule has 0 radical (unpaired) electrons. The van der Waals surface area contributed by atoms with Gasteiger partial charge in [-0.1, -0.05) is 19.1 Å². The summed E-state index contributed by atoms with van der Waals surface area (Å²) in [5, 5.41) is 13.0. The van der Waals surface area contributed by atoms with Gasteiger partial charge in [-0.05, 0) is 66.8 Å². The van der Waals surface area contributed by atoms with Gasteiger partial charge in [0.1, 0.15) is 23.1 Å². The van der Waals surface area contributed by atoms with Crippen LogP contribution >= 0.6 is 0 Å². The van der Waals surface area contributed by atoms with Gasteiger partial charge >= 0.3 is 0 Å². The Hall–Kier alpha value is -3.59. The summed E-state index contributed by atoms with van der Waals surface area (Å²) in [6, 6.07) is 6.04. The second-order valence-corrected chi connectivity index (χ2v) is 8.75. The maximum absolute atomic E-state index is 6.82. The maximum Gasteiger partial charge on any atom is 0.133 e. The smallest absolute Gasteiger partial charge is 0.133 e. The summed E-state index contributed by atoms with van der Waals surface area (Å²) in [4.78, 5) is 14.0. The highest BCUT2D eigenvalue weighted by Crippen LogP contribution is 2.36. The Labute approximate surface area is 192 Å². The second kappa shape index (κ2) is 8.08. The molecule has 0 unspecified atom stereocenters. The molecular weight excluding hydrogens is 414 g/mol. The predicted molar refractivity (Wildman–Crippen MR) is 130 cm³/mol. The summed E-state index contributed by atoms with van der Waals surface area (Å²) in [6.45, 7) is 4.30. The Bertz CT molecular complexity index is 1340. The SMILES string of the molecule is CCC(N)(CC)c1cc(Nc2cc3cc(-c4cnnn4C)nc(N)c3cn2)nc2c1CCC2. The molecule has 4 aromatic rings. The lowest BCUT2D eigenvalue weighted by Gasteiger charge is -2.30. The number of aromatic nitrogens is 6. The van der Waals surface area contributed by atoms with Crippen molar-refractivity contribution in [3.63, 3.8) is 0 Å². The van der Waals surface area contributed by atoms with Crippen molar-refractivity contribution >= 4 is 28.2 Å². The third kappa shape index (κ3) is 3.68. The monoisotopic (exact) mass is 443 g/mol. The number of fused-ring (bicyclic) bond motifs is 2. The van der Waals surface area contributed by atoms with Crippen molar-refractivity contribution < 1.29 is 0 Å². The van der Waals surface area contributed by atoms with Crippen molar-refractivity contribution in [1.82, 2.24) is 29.9 Å². The van der Waals surface area contributed by atoms with Gasteiger partial charge < -0.3 is 16.8 Å². The molecule has 0 atom stereocenters. The van der Waals surface area contributed by atoms with Crippen LogP contribution in [0.4, 0.5) is 17.5 Å². The van der Waals surface area contributed by atoms with Gasteiger partial charge in [0.05, 0.1) is 11.9 Å². The fraction of sp³-hybridized carbons (Fsp3) is 0.375. The van der Waals surface area contributed by atoms with Crippen LogP contribution in [0.5, 0.6) is 0 Å². The van der Waals surface area contributed by atoms with Gasteiger partial charge in [-0.25, -0.2) is 19.6 Å². The van der Waals surface area contributed by atoms with Crippen molar-refractivity contribution in [3.8, 4) is 11.4 Å². The number of hydrogen-bond acceptors (Lipinski definition) is 8. The third-order valence-corrected chi connectivity index (χ3v) is 6.83. The van der Waals surface area contributed by atoms with Crippen molar-refractivity contribution in [2.24, 2.45) is 12.8 Å². The van der Waals surface area contributed by atoms with E-state index in [1.54, 1.807) is 17.1 Å². The number of nitrogen functional groups attached to an aromatic ring is 1. The van der Waals surface area contributed by atoms with E-state index in [-0.39, 0.29) is 5.54 Å². The van der Waals surface area contributed by atoms with E-state index in [1.807, 2.05) is 19.2 Å². The van der Waals surface area contributed by atoms with E-state index >= 15 is 0 Å². The lowest BCUT2D eigenvalue weighted by molar-refractivity contribution is 0.409. The largest absolute Gasteiger partial charge is 0.383 e. The molecule has 170 valence electrons. The minimum absolute atomic E-state index is 0.350. The molecule has 0 fully saturated rings. The maximum atomic E-state index is 6.82. The fourth-order valence-electron chi connectivity index (χ4n) is 4.71. The van der Waals surface area contributed by atoms with Crippen LogP contribution in [-0.2, 0) is 25.4 Å². The van der Waals surface area contributed by atoms with Gasteiger partial charge in [-0.3, -0.25) is 0 Å². The average molecular weight is 444 g/mol. The lowest BCUT2D eigenvalue weighted by Crippen LogP contribution is -2.36. The Morgan fingerprint density at radius 3 is 2.61 bits per heavy atom. The predicted octanol–water partition coefficient (Wildman–Crippen LogP) is 3.61. The molecule has 0 aliphatic heterocycles. The standard InChI is InChI=1S/C24H29N9/c1-4-24(26,5-2)17-11-22(29-18-8-6-7-15(17)18)31-21-10-14-9-19(20-13-28-32-33(20)3)30-23(25)16(14)12-27-21/h9-13H,4-8,26H2,1-3H3,(H2,25,30)(H,27,29,31). The van der Waals surface area contributed by atoms with Crippen LogP contribution in [0.25, 0.3) is 22.2 Å². The zero-order valence-corrected chi connectivity index (χ0v) is 19.3. The summed E-state index contributed by atoms with van der Waals surface area (Å²) in [6.07, 6.45) is 8.32. The number of nitrogens with two attached hydrogens (primary N) is 2. The Balaban J connectivity index is 1.55. The number of nitrogens with zero attached hydrogens (tertiary/aromatic N) is 6. The van der Waals surface area contributed by atoms with E-state index in [1.165, 1.54) is 11.1 Å². The number of hydrogen-bond donors (Lipinski definition) is 3. The fourth-order valence-corrected chi connectivity index (χ4v) is 4.71. The topological polar surface area (TPSA) is 133 Å². The van der Waals surface area contributed by atoms with Gasteiger partial charge in [-0.2, -0.15) is 0 Å². The highest BCUT2D eigenvalue weighted by atomic mass is 15.4. The molecule has 33 heavy (non-hydrogen) atoms. The molecule has 0 amide bonds. The van der Waals surface area contributed by atoms with E-state index in [0.717, 1.165) is 60.1 Å². The molecule has 0 spiro atoms. The highest BCUT2D eigenvalue weighted by molar-refractivity contribution is 5.94. The minimum Gasteiger partial charge on any atom is -0.383 e. The number of anilines is 3. The van der Waals surface area contributed by atoms with E-state index in [9.17, 15) is 0 Å². The molecule has 4 aromatic heterocycles. The van der Waals surface area contributed by atoms with Crippen LogP contribution in [0.3, 0.4) is 0 Å². The van der Waals surface area contributed by atoms with E-state index in [2.05, 4.69) is 45.5 Å². The summed E-state index contributed by atoms with van der Waals surface area (Å²) < 4.78 is 1.67. The quantitative estimate of drug-likeness (QED) is 0.411. The number of aryl methyl sites for hydroxylation is 2. The van der Waals surface area contributed by atoms with Crippen molar-refractivity contribution in [1.29, 1.82) is 0 Å². The molecule has 1 aliphatic rings.